The third-order valence-corrected chi connectivity index (χ3v) is 5.88. The Morgan fingerprint density at radius 3 is 2.90 bits per heavy atom. The topological polar surface area (TPSA) is 79.1 Å². The minimum Gasteiger partial charge on any atom is -0.356 e. The van der Waals surface area contributed by atoms with Crippen molar-refractivity contribution in [2.45, 2.75) is 31.7 Å². The molecule has 2 unspecified atom stereocenters. The molecule has 7 heteroatoms. The van der Waals surface area contributed by atoms with E-state index in [1.54, 1.807) is 0 Å². The number of pyridine rings is 1. The van der Waals surface area contributed by atoms with Crippen LogP contribution in [-0.2, 0) is 12.8 Å². The summed E-state index contributed by atoms with van der Waals surface area (Å²) in [5, 5.41) is 4.13. The van der Waals surface area contributed by atoms with Crippen molar-refractivity contribution in [3.8, 4) is 11.5 Å². The van der Waals surface area contributed by atoms with Gasteiger partial charge >= 0.3 is 0 Å². The van der Waals surface area contributed by atoms with Crippen LogP contribution in [0.1, 0.15) is 24.2 Å². The molecule has 4 heterocycles. The Hall–Kier alpha value is -2.77. The average molecular weight is 390 g/mol. The minimum atomic E-state index is 0.543. The second kappa shape index (κ2) is 8.31. The molecule has 5 rings (SSSR count). The molecule has 29 heavy (non-hydrogen) atoms. The molecule has 2 aromatic heterocycles. The van der Waals surface area contributed by atoms with Gasteiger partial charge in [-0.15, -0.1) is 0 Å². The number of rotatable bonds is 6. The smallest absolute Gasteiger partial charge is 0.259 e. The van der Waals surface area contributed by atoms with Crippen LogP contribution in [0.3, 0.4) is 0 Å². The maximum atomic E-state index is 5.46. The lowest BCUT2D eigenvalue weighted by Gasteiger charge is -2.34. The zero-order valence-corrected chi connectivity index (χ0v) is 16.4. The van der Waals surface area contributed by atoms with E-state index in [0.29, 0.717) is 17.9 Å². The fraction of sp³-hybridized carbons (Fsp3) is 0.409. The zero-order chi connectivity index (χ0) is 19.5. The molecule has 0 aliphatic carbocycles. The van der Waals surface area contributed by atoms with Crippen LogP contribution < -0.4 is 15.8 Å². The number of hydrogen-bond donors (Lipinski definition) is 2. The number of benzene rings is 1. The lowest BCUT2D eigenvalue weighted by Crippen LogP contribution is -2.45. The van der Waals surface area contributed by atoms with Crippen LogP contribution in [0.2, 0.25) is 0 Å². The van der Waals surface area contributed by atoms with Gasteiger partial charge in [0.15, 0.2) is 5.82 Å². The summed E-state index contributed by atoms with van der Waals surface area (Å²) in [5.41, 5.74) is 8.84. The van der Waals surface area contributed by atoms with Crippen molar-refractivity contribution < 1.29 is 4.52 Å². The Balaban J connectivity index is 1.18. The van der Waals surface area contributed by atoms with Crippen LogP contribution in [0.5, 0.6) is 0 Å². The number of nitrogens with zero attached hydrogens (tertiary/aromatic N) is 4. The van der Waals surface area contributed by atoms with Gasteiger partial charge in [-0.2, -0.15) is 4.98 Å². The van der Waals surface area contributed by atoms with Crippen LogP contribution in [0.25, 0.3) is 11.5 Å². The molecule has 2 saturated heterocycles. The van der Waals surface area contributed by atoms with Crippen molar-refractivity contribution in [1.29, 1.82) is 0 Å². The first kappa shape index (κ1) is 18.3. The molecule has 2 atom stereocenters. The van der Waals surface area contributed by atoms with E-state index in [4.69, 9.17) is 4.52 Å². The predicted molar refractivity (Wildman–Crippen MR) is 111 cm³/mol. The van der Waals surface area contributed by atoms with Crippen molar-refractivity contribution in [1.82, 2.24) is 26.0 Å². The summed E-state index contributed by atoms with van der Waals surface area (Å²) < 4.78 is 5.46. The van der Waals surface area contributed by atoms with Gasteiger partial charge in [-0.1, -0.05) is 35.5 Å². The van der Waals surface area contributed by atoms with E-state index in [1.807, 2.05) is 18.3 Å². The molecule has 0 saturated carbocycles. The van der Waals surface area contributed by atoms with Crippen molar-refractivity contribution >= 4 is 5.82 Å². The maximum Gasteiger partial charge on any atom is 0.259 e. The van der Waals surface area contributed by atoms with Crippen molar-refractivity contribution in [2.24, 2.45) is 5.92 Å². The second-order valence-corrected chi connectivity index (χ2v) is 7.89. The van der Waals surface area contributed by atoms with Crippen LogP contribution in [0.15, 0.2) is 53.2 Å². The number of anilines is 1. The second-order valence-electron chi connectivity index (χ2n) is 7.89. The Morgan fingerprint density at radius 1 is 1.10 bits per heavy atom. The molecular formula is C22H26N6O. The Bertz CT molecular complexity index is 926. The molecule has 2 N–H and O–H groups in total. The van der Waals surface area contributed by atoms with Gasteiger partial charge < -0.3 is 9.42 Å². The van der Waals surface area contributed by atoms with E-state index in [1.165, 1.54) is 5.56 Å². The molecule has 2 aliphatic heterocycles. The molecule has 2 aliphatic rings. The molecular weight excluding hydrogens is 364 g/mol. The normalized spacial score (nSPS) is 21.3. The van der Waals surface area contributed by atoms with Crippen molar-refractivity contribution in [3.63, 3.8) is 0 Å². The number of aryl methyl sites for hydroxylation is 2. The number of hydrogen-bond acceptors (Lipinski definition) is 7. The summed E-state index contributed by atoms with van der Waals surface area (Å²) in [4.78, 5) is 11.6. The molecule has 7 nitrogen and oxygen atoms in total. The summed E-state index contributed by atoms with van der Waals surface area (Å²) in [6, 6.07) is 15.2. The predicted octanol–water partition coefficient (Wildman–Crippen LogP) is 2.61. The lowest BCUT2D eigenvalue weighted by molar-refractivity contribution is 0.382. The summed E-state index contributed by atoms with van der Waals surface area (Å²) in [7, 11) is 0. The van der Waals surface area contributed by atoms with Gasteiger partial charge in [-0.25, -0.2) is 4.98 Å². The van der Waals surface area contributed by atoms with Crippen molar-refractivity contribution in [2.75, 3.05) is 24.5 Å². The third kappa shape index (κ3) is 4.16. The first-order chi connectivity index (χ1) is 14.3. The minimum absolute atomic E-state index is 0.543. The average Bonchev–Trinajstić information content (AvgIpc) is 3.44. The largest absolute Gasteiger partial charge is 0.356 e. The molecule has 2 fully saturated rings. The van der Waals surface area contributed by atoms with Gasteiger partial charge in [0.05, 0.1) is 5.56 Å². The molecule has 0 spiro atoms. The monoisotopic (exact) mass is 390 g/mol. The number of nitrogens with one attached hydrogen (secondary N) is 2. The van der Waals surface area contributed by atoms with E-state index in [2.05, 4.69) is 61.2 Å². The van der Waals surface area contributed by atoms with Gasteiger partial charge in [0.25, 0.3) is 5.89 Å². The summed E-state index contributed by atoms with van der Waals surface area (Å²) >= 11 is 0. The van der Waals surface area contributed by atoms with E-state index >= 15 is 0 Å². The number of hydrazine groups is 1. The van der Waals surface area contributed by atoms with E-state index in [0.717, 1.165) is 62.5 Å². The summed E-state index contributed by atoms with van der Waals surface area (Å²) in [6.07, 6.45) is 5.80. The Morgan fingerprint density at radius 2 is 2.03 bits per heavy atom. The standard InChI is InChI=1S/C22H26N6O/c1-2-5-16(6-3-1)7-4-8-20-25-22(29-27-20)17-9-10-21(23-13-17)28-12-11-19-18(15-28)14-24-26-19/h1-3,5-6,9-10,13,18-19,24,26H,4,7-8,11-12,14-15H2. The van der Waals surface area contributed by atoms with Gasteiger partial charge in [0.1, 0.15) is 5.82 Å². The lowest BCUT2D eigenvalue weighted by atomic mass is 9.94. The number of piperidine rings is 1. The molecule has 1 aromatic carbocycles. The van der Waals surface area contributed by atoms with Gasteiger partial charge in [0, 0.05) is 44.2 Å². The first-order valence-corrected chi connectivity index (χ1v) is 10.4. The first-order valence-electron chi connectivity index (χ1n) is 10.4. The highest BCUT2D eigenvalue weighted by Gasteiger charge is 2.33. The number of aromatic nitrogens is 3. The molecule has 3 aromatic rings. The SMILES string of the molecule is c1ccc(CCCc2noc(-c3ccc(N4CCC5NNCC5C4)nc3)n2)cc1. The molecule has 0 bridgehead atoms. The van der Waals surface area contributed by atoms with Crippen LogP contribution >= 0.6 is 0 Å². The van der Waals surface area contributed by atoms with Gasteiger partial charge in [-0.05, 0) is 37.0 Å². The highest BCUT2D eigenvalue weighted by molar-refractivity contribution is 5.54. The van der Waals surface area contributed by atoms with Gasteiger partial charge in [-0.3, -0.25) is 10.9 Å². The van der Waals surface area contributed by atoms with Gasteiger partial charge in [0.2, 0.25) is 0 Å². The highest BCUT2D eigenvalue weighted by atomic mass is 16.5. The van der Waals surface area contributed by atoms with Crippen LogP contribution in [-0.4, -0.2) is 40.8 Å². The molecule has 150 valence electrons. The van der Waals surface area contributed by atoms with E-state index in [9.17, 15) is 0 Å². The number of fused-ring (bicyclic) bond motifs is 1. The van der Waals surface area contributed by atoms with Crippen molar-refractivity contribution in [3.05, 3.63) is 60.0 Å². The summed E-state index contributed by atoms with van der Waals surface area (Å²) in [5.74, 6) is 2.95. The maximum absolute atomic E-state index is 5.46. The fourth-order valence-corrected chi connectivity index (χ4v) is 4.23. The van der Waals surface area contributed by atoms with Crippen LogP contribution in [0, 0.1) is 5.92 Å². The molecule has 0 radical (unpaired) electrons. The van der Waals surface area contributed by atoms with E-state index in [-0.39, 0.29) is 0 Å². The van der Waals surface area contributed by atoms with E-state index < -0.39 is 0 Å². The Labute approximate surface area is 170 Å². The summed E-state index contributed by atoms with van der Waals surface area (Å²) in [6.45, 7) is 3.08. The zero-order valence-electron chi connectivity index (χ0n) is 16.4. The van der Waals surface area contributed by atoms with Crippen LogP contribution in [0.4, 0.5) is 5.82 Å². The quantitative estimate of drug-likeness (QED) is 0.670. The third-order valence-electron chi connectivity index (χ3n) is 5.88. The highest BCUT2D eigenvalue weighted by Crippen LogP contribution is 2.25. The molecule has 0 amide bonds. The Kier molecular flexibility index (Phi) is 5.23. The fourth-order valence-electron chi connectivity index (χ4n) is 4.23.